The molecule has 0 saturated carbocycles. The first-order valence-corrected chi connectivity index (χ1v) is 9.50. The Hall–Kier alpha value is -1.54. The zero-order valence-electron chi connectivity index (χ0n) is 12.5. The maximum Gasteiger partial charge on any atom is 0.235 e. The van der Waals surface area contributed by atoms with Gasteiger partial charge in [-0.3, -0.25) is 4.79 Å². The molecule has 0 saturated heterocycles. The number of benzene rings is 1. The van der Waals surface area contributed by atoms with E-state index in [0.29, 0.717) is 21.4 Å². The van der Waals surface area contributed by atoms with Gasteiger partial charge in [-0.1, -0.05) is 23.2 Å². The van der Waals surface area contributed by atoms with Crippen molar-refractivity contribution in [2.45, 2.75) is 5.75 Å². The molecule has 0 aliphatic rings. The monoisotopic (exact) mass is 391 g/mol. The van der Waals surface area contributed by atoms with Crippen molar-refractivity contribution in [3.05, 3.63) is 46.1 Å². The minimum absolute atomic E-state index is 0.0105. The average Bonchev–Trinajstić information content (AvgIpc) is 2.95. The smallest absolute Gasteiger partial charge is 0.235 e. The molecule has 1 amide bonds. The second kappa shape index (κ2) is 8.02. The van der Waals surface area contributed by atoms with Gasteiger partial charge >= 0.3 is 0 Å². The van der Waals surface area contributed by atoms with Gasteiger partial charge < -0.3 is 14.8 Å². The molecule has 0 unspecified atom stereocenters. The fourth-order valence-electron chi connectivity index (χ4n) is 1.97. The molecular formula is C15H15Cl2NO5S. The summed E-state index contributed by atoms with van der Waals surface area (Å²) in [5.74, 6) is -1.08. The number of carbonyl (C=O) groups is 1. The van der Waals surface area contributed by atoms with Gasteiger partial charge in [0.1, 0.15) is 23.0 Å². The topological polar surface area (TPSA) is 96.6 Å². The maximum absolute atomic E-state index is 12.0. The number of halogens is 2. The van der Waals surface area contributed by atoms with Gasteiger partial charge in [0.25, 0.3) is 0 Å². The summed E-state index contributed by atoms with van der Waals surface area (Å²) < 4.78 is 29.5. The van der Waals surface area contributed by atoms with Gasteiger partial charge in [0.15, 0.2) is 9.84 Å². The van der Waals surface area contributed by atoms with Crippen LogP contribution >= 0.6 is 23.2 Å². The van der Waals surface area contributed by atoms with Gasteiger partial charge in [-0.05, 0) is 30.3 Å². The standard InChI is InChI=1S/C15H15Cl2NO5S/c16-12-3-1-10(7-13(12)17)14-4-2-11(23-14)8-24(21,22)9-15(20)18-5-6-19/h1-4,7,19H,5-6,8-9H2,(H,18,20). The van der Waals surface area contributed by atoms with E-state index in [2.05, 4.69) is 5.32 Å². The molecule has 130 valence electrons. The highest BCUT2D eigenvalue weighted by Crippen LogP contribution is 2.29. The number of nitrogens with one attached hydrogen (secondary N) is 1. The van der Waals surface area contributed by atoms with Crippen molar-refractivity contribution in [1.29, 1.82) is 0 Å². The highest BCUT2D eigenvalue weighted by atomic mass is 35.5. The number of aliphatic hydroxyl groups excluding tert-OH is 1. The lowest BCUT2D eigenvalue weighted by Crippen LogP contribution is -2.32. The first-order valence-electron chi connectivity index (χ1n) is 6.93. The molecule has 1 heterocycles. The normalized spacial score (nSPS) is 11.5. The predicted octanol–water partition coefficient (Wildman–Crippen LogP) is 2.28. The number of hydrogen-bond acceptors (Lipinski definition) is 5. The lowest BCUT2D eigenvalue weighted by atomic mass is 10.2. The van der Waals surface area contributed by atoms with Crippen LogP contribution in [0.25, 0.3) is 11.3 Å². The Morgan fingerprint density at radius 3 is 2.58 bits per heavy atom. The van der Waals surface area contributed by atoms with Crippen LogP contribution in [0.1, 0.15) is 5.76 Å². The minimum Gasteiger partial charge on any atom is -0.460 e. The van der Waals surface area contributed by atoms with Crippen LogP contribution in [0.4, 0.5) is 0 Å². The summed E-state index contributed by atoms with van der Waals surface area (Å²) in [5.41, 5.74) is 0.661. The Kier molecular flexibility index (Phi) is 6.28. The van der Waals surface area contributed by atoms with Crippen molar-refractivity contribution in [3.63, 3.8) is 0 Å². The summed E-state index contributed by atoms with van der Waals surface area (Å²) in [6.07, 6.45) is 0. The third-order valence-corrected chi connectivity index (χ3v) is 5.18. The number of amides is 1. The van der Waals surface area contributed by atoms with Gasteiger partial charge in [0, 0.05) is 12.1 Å². The Labute approximate surface area is 149 Å². The molecule has 9 heteroatoms. The highest BCUT2D eigenvalue weighted by Gasteiger charge is 2.19. The largest absolute Gasteiger partial charge is 0.460 e. The molecule has 0 spiro atoms. The number of rotatable bonds is 7. The van der Waals surface area contributed by atoms with Crippen LogP contribution in [-0.2, 0) is 20.4 Å². The fraction of sp³-hybridized carbons (Fsp3) is 0.267. The number of aliphatic hydroxyl groups is 1. The molecule has 0 aliphatic heterocycles. The van der Waals surface area contributed by atoms with Crippen molar-refractivity contribution < 1.29 is 22.7 Å². The molecule has 0 aliphatic carbocycles. The number of furan rings is 1. The summed E-state index contributed by atoms with van der Waals surface area (Å²) in [7, 11) is -3.68. The third kappa shape index (κ3) is 5.24. The number of sulfone groups is 1. The van der Waals surface area contributed by atoms with Crippen LogP contribution in [0, 0.1) is 0 Å². The molecule has 2 N–H and O–H groups in total. The molecule has 0 radical (unpaired) electrons. The Morgan fingerprint density at radius 1 is 1.17 bits per heavy atom. The Morgan fingerprint density at radius 2 is 1.92 bits per heavy atom. The summed E-state index contributed by atoms with van der Waals surface area (Å²) >= 11 is 11.8. The van der Waals surface area contributed by atoms with Crippen LogP contribution in [-0.4, -0.2) is 38.3 Å². The van der Waals surface area contributed by atoms with Crippen LogP contribution < -0.4 is 5.32 Å². The van der Waals surface area contributed by atoms with Crippen LogP contribution in [0.2, 0.25) is 10.0 Å². The molecule has 6 nitrogen and oxygen atoms in total. The van der Waals surface area contributed by atoms with E-state index < -0.39 is 27.3 Å². The van der Waals surface area contributed by atoms with E-state index in [1.807, 2.05) is 0 Å². The van der Waals surface area contributed by atoms with Gasteiger partial charge in [-0.2, -0.15) is 0 Å². The summed E-state index contributed by atoms with van der Waals surface area (Å²) in [4.78, 5) is 11.4. The van der Waals surface area contributed by atoms with E-state index in [1.165, 1.54) is 6.07 Å². The van der Waals surface area contributed by atoms with Crippen molar-refractivity contribution >= 4 is 38.9 Å². The molecule has 2 aromatic rings. The molecule has 1 aromatic heterocycles. The minimum atomic E-state index is -3.68. The van der Waals surface area contributed by atoms with Crippen molar-refractivity contribution in [2.75, 3.05) is 18.9 Å². The zero-order valence-corrected chi connectivity index (χ0v) is 14.8. The first-order chi connectivity index (χ1) is 11.3. The molecule has 2 rings (SSSR count). The lowest BCUT2D eigenvalue weighted by molar-refractivity contribution is -0.118. The predicted molar refractivity (Wildman–Crippen MR) is 91.8 cm³/mol. The fourth-order valence-corrected chi connectivity index (χ4v) is 3.46. The molecule has 0 bridgehead atoms. The van der Waals surface area contributed by atoms with E-state index in [-0.39, 0.29) is 18.9 Å². The Bertz CT molecular complexity index is 832. The van der Waals surface area contributed by atoms with E-state index in [0.717, 1.165) is 0 Å². The van der Waals surface area contributed by atoms with E-state index in [1.54, 1.807) is 24.3 Å². The van der Waals surface area contributed by atoms with Crippen LogP contribution in [0.3, 0.4) is 0 Å². The summed E-state index contributed by atoms with van der Waals surface area (Å²) in [5, 5.41) is 11.7. The van der Waals surface area contributed by atoms with Crippen molar-refractivity contribution in [1.82, 2.24) is 5.32 Å². The summed E-state index contributed by atoms with van der Waals surface area (Å²) in [6.45, 7) is -0.242. The lowest BCUT2D eigenvalue weighted by Gasteiger charge is -2.04. The van der Waals surface area contributed by atoms with Crippen LogP contribution in [0.5, 0.6) is 0 Å². The quantitative estimate of drug-likeness (QED) is 0.754. The van der Waals surface area contributed by atoms with Gasteiger partial charge in [0.05, 0.1) is 16.7 Å². The van der Waals surface area contributed by atoms with Gasteiger partial charge in [0.2, 0.25) is 5.91 Å². The molecule has 0 fully saturated rings. The van der Waals surface area contributed by atoms with E-state index in [4.69, 9.17) is 32.7 Å². The molecule has 0 atom stereocenters. The molecule has 1 aromatic carbocycles. The Balaban J connectivity index is 2.07. The average molecular weight is 392 g/mol. The third-order valence-electron chi connectivity index (χ3n) is 3.01. The van der Waals surface area contributed by atoms with Gasteiger partial charge in [-0.15, -0.1) is 0 Å². The highest BCUT2D eigenvalue weighted by molar-refractivity contribution is 7.91. The van der Waals surface area contributed by atoms with E-state index >= 15 is 0 Å². The maximum atomic E-state index is 12.0. The second-order valence-corrected chi connectivity index (χ2v) is 7.88. The van der Waals surface area contributed by atoms with Crippen molar-refractivity contribution in [3.8, 4) is 11.3 Å². The van der Waals surface area contributed by atoms with Gasteiger partial charge in [-0.25, -0.2) is 8.42 Å². The van der Waals surface area contributed by atoms with Crippen LogP contribution in [0.15, 0.2) is 34.7 Å². The molecule has 24 heavy (non-hydrogen) atoms. The van der Waals surface area contributed by atoms with Crippen molar-refractivity contribution in [2.24, 2.45) is 0 Å². The number of carbonyl (C=O) groups excluding carboxylic acids is 1. The summed E-state index contributed by atoms with van der Waals surface area (Å²) in [6, 6.07) is 8.08. The molecular weight excluding hydrogens is 377 g/mol. The second-order valence-electron chi connectivity index (χ2n) is 5.00. The first kappa shape index (κ1) is 18.8. The van der Waals surface area contributed by atoms with E-state index in [9.17, 15) is 13.2 Å². The number of hydrogen-bond donors (Lipinski definition) is 2. The SMILES string of the molecule is O=C(CS(=O)(=O)Cc1ccc(-c2ccc(Cl)c(Cl)c2)o1)NCCO. The zero-order chi connectivity index (χ0) is 17.7.